The van der Waals surface area contributed by atoms with Crippen LogP contribution in [0.4, 0.5) is 4.79 Å². The van der Waals surface area contributed by atoms with Crippen molar-refractivity contribution in [1.29, 1.82) is 0 Å². The molecule has 0 bridgehead atoms. The summed E-state index contributed by atoms with van der Waals surface area (Å²) in [6, 6.07) is 6.99. The van der Waals surface area contributed by atoms with E-state index < -0.39 is 0 Å². The highest BCUT2D eigenvalue weighted by Gasteiger charge is 2.16. The van der Waals surface area contributed by atoms with Gasteiger partial charge in [-0.15, -0.1) is 0 Å². The molecule has 1 unspecified atom stereocenters. The zero-order valence-corrected chi connectivity index (χ0v) is 15.6. The van der Waals surface area contributed by atoms with Crippen LogP contribution in [-0.2, 0) is 19.5 Å². The van der Waals surface area contributed by atoms with Crippen LogP contribution in [0, 0.1) is 0 Å². The Morgan fingerprint density at radius 1 is 1.35 bits per heavy atom. The minimum atomic E-state index is -0.256. The van der Waals surface area contributed by atoms with Gasteiger partial charge in [-0.1, -0.05) is 29.8 Å². The molecule has 1 aliphatic heterocycles. The number of hydrogen-bond donors (Lipinski definition) is 2. The van der Waals surface area contributed by atoms with Crippen LogP contribution >= 0.6 is 11.6 Å². The molecule has 8 heteroatoms. The van der Waals surface area contributed by atoms with Gasteiger partial charge in [0.2, 0.25) is 0 Å². The highest BCUT2D eigenvalue weighted by atomic mass is 35.5. The third-order valence-corrected chi connectivity index (χ3v) is 4.93. The van der Waals surface area contributed by atoms with E-state index in [9.17, 15) is 9.59 Å². The number of amides is 2. The molecular formula is C18H24ClN5O2. The second-order valence-electron chi connectivity index (χ2n) is 6.53. The number of aromatic nitrogens is 3. The van der Waals surface area contributed by atoms with Crippen LogP contribution < -0.4 is 16.3 Å². The predicted octanol–water partition coefficient (Wildman–Crippen LogP) is 2.49. The first-order valence-electron chi connectivity index (χ1n) is 9.01. The number of aryl methyl sites for hydroxylation is 2. The normalized spacial score (nSPS) is 14.5. The van der Waals surface area contributed by atoms with Gasteiger partial charge in [-0.2, -0.15) is 5.10 Å². The van der Waals surface area contributed by atoms with Crippen LogP contribution in [0.1, 0.15) is 43.6 Å². The summed E-state index contributed by atoms with van der Waals surface area (Å²) in [6.45, 7) is 3.61. The summed E-state index contributed by atoms with van der Waals surface area (Å²) in [5, 5.41) is 10.7. The number of halogens is 1. The van der Waals surface area contributed by atoms with Gasteiger partial charge in [-0.3, -0.25) is 4.57 Å². The molecule has 0 aliphatic carbocycles. The number of fused-ring (bicyclic) bond motifs is 1. The SMILES string of the molecule is CC(NC(=O)NCCCn1nc2n(c1=O)CCCC2)c1ccccc1Cl. The monoisotopic (exact) mass is 377 g/mol. The van der Waals surface area contributed by atoms with E-state index in [1.54, 1.807) is 10.6 Å². The number of nitrogens with one attached hydrogen (secondary N) is 2. The molecule has 3 rings (SSSR count). The number of carbonyl (C=O) groups is 1. The lowest BCUT2D eigenvalue weighted by Gasteiger charge is -2.16. The van der Waals surface area contributed by atoms with Crippen molar-refractivity contribution in [2.45, 2.75) is 51.7 Å². The van der Waals surface area contributed by atoms with Crippen LogP contribution in [0.2, 0.25) is 5.02 Å². The molecule has 0 spiro atoms. The topological polar surface area (TPSA) is 81.0 Å². The van der Waals surface area contributed by atoms with Gasteiger partial charge in [-0.05, 0) is 37.8 Å². The van der Waals surface area contributed by atoms with E-state index >= 15 is 0 Å². The van der Waals surface area contributed by atoms with Crippen LogP contribution in [0.3, 0.4) is 0 Å². The molecule has 2 aromatic rings. The molecule has 0 radical (unpaired) electrons. The molecular weight excluding hydrogens is 354 g/mol. The Hall–Kier alpha value is -2.28. The Bertz CT molecular complexity index is 829. The number of benzene rings is 1. The maximum Gasteiger partial charge on any atom is 0.345 e. The number of hydrogen-bond acceptors (Lipinski definition) is 3. The molecule has 2 amide bonds. The maximum absolute atomic E-state index is 12.2. The van der Waals surface area contributed by atoms with Crippen LogP contribution in [-0.4, -0.2) is 26.9 Å². The van der Waals surface area contributed by atoms with Gasteiger partial charge < -0.3 is 10.6 Å². The molecule has 0 saturated carbocycles. The van der Waals surface area contributed by atoms with Crippen LogP contribution in [0.15, 0.2) is 29.1 Å². The molecule has 1 aromatic heterocycles. The Kier molecular flexibility index (Phi) is 5.98. The Balaban J connectivity index is 1.44. The first-order valence-corrected chi connectivity index (χ1v) is 9.39. The second-order valence-corrected chi connectivity index (χ2v) is 6.93. The first kappa shape index (κ1) is 18.5. The molecule has 1 aliphatic rings. The first-order chi connectivity index (χ1) is 12.6. The summed E-state index contributed by atoms with van der Waals surface area (Å²) in [5.74, 6) is 0.875. The fraction of sp³-hybridized carbons (Fsp3) is 0.500. The molecule has 26 heavy (non-hydrogen) atoms. The molecule has 0 saturated heterocycles. The number of urea groups is 1. The van der Waals surface area contributed by atoms with Gasteiger partial charge in [0, 0.05) is 31.1 Å². The van der Waals surface area contributed by atoms with E-state index in [2.05, 4.69) is 15.7 Å². The van der Waals surface area contributed by atoms with Crippen molar-refractivity contribution in [3.63, 3.8) is 0 Å². The molecule has 140 valence electrons. The average Bonchev–Trinajstić information content (AvgIpc) is 2.95. The number of carbonyl (C=O) groups excluding carboxylic acids is 1. The summed E-state index contributed by atoms with van der Waals surface area (Å²) in [4.78, 5) is 24.2. The summed E-state index contributed by atoms with van der Waals surface area (Å²) in [6.07, 6.45) is 3.62. The minimum Gasteiger partial charge on any atom is -0.338 e. The lowest BCUT2D eigenvalue weighted by Crippen LogP contribution is -2.38. The Morgan fingerprint density at radius 2 is 2.15 bits per heavy atom. The molecule has 0 fully saturated rings. The second kappa shape index (κ2) is 8.40. The summed E-state index contributed by atoms with van der Waals surface area (Å²) in [5.41, 5.74) is 0.830. The zero-order chi connectivity index (χ0) is 18.5. The standard InChI is InChI=1S/C18H24ClN5O2/c1-13(14-7-2-3-8-15(14)19)21-17(25)20-10-6-12-24-18(26)23-11-5-4-9-16(23)22-24/h2-3,7-8,13H,4-6,9-12H2,1H3,(H2,20,21,25). The average molecular weight is 378 g/mol. The Morgan fingerprint density at radius 3 is 2.92 bits per heavy atom. The summed E-state index contributed by atoms with van der Waals surface area (Å²) in [7, 11) is 0. The van der Waals surface area contributed by atoms with E-state index in [1.165, 1.54) is 4.68 Å². The fourth-order valence-electron chi connectivity index (χ4n) is 3.18. The van der Waals surface area contributed by atoms with Gasteiger partial charge >= 0.3 is 11.7 Å². The minimum absolute atomic E-state index is 0.0449. The quantitative estimate of drug-likeness (QED) is 0.759. The Labute approximate surface area is 157 Å². The lowest BCUT2D eigenvalue weighted by molar-refractivity contribution is 0.237. The van der Waals surface area contributed by atoms with Crippen molar-refractivity contribution in [3.8, 4) is 0 Å². The molecule has 2 N–H and O–H groups in total. The van der Waals surface area contributed by atoms with Gasteiger partial charge in [0.05, 0.1) is 6.04 Å². The van der Waals surface area contributed by atoms with Crippen LogP contribution in [0.5, 0.6) is 0 Å². The largest absolute Gasteiger partial charge is 0.345 e. The smallest absolute Gasteiger partial charge is 0.338 e. The van der Waals surface area contributed by atoms with Gasteiger partial charge in [0.25, 0.3) is 0 Å². The van der Waals surface area contributed by atoms with E-state index in [0.29, 0.717) is 24.5 Å². The van der Waals surface area contributed by atoms with Gasteiger partial charge in [0.1, 0.15) is 5.82 Å². The molecule has 1 atom stereocenters. The maximum atomic E-state index is 12.2. The van der Waals surface area contributed by atoms with Crippen molar-refractivity contribution in [1.82, 2.24) is 25.0 Å². The van der Waals surface area contributed by atoms with Crippen molar-refractivity contribution in [3.05, 3.63) is 51.2 Å². The van der Waals surface area contributed by atoms with Gasteiger partial charge in [0.15, 0.2) is 0 Å². The third-order valence-electron chi connectivity index (χ3n) is 4.58. The highest BCUT2D eigenvalue weighted by molar-refractivity contribution is 6.31. The third kappa shape index (κ3) is 4.27. The molecule has 1 aromatic carbocycles. The molecule has 2 heterocycles. The highest BCUT2D eigenvalue weighted by Crippen LogP contribution is 2.21. The van der Waals surface area contributed by atoms with Gasteiger partial charge in [-0.25, -0.2) is 14.3 Å². The van der Waals surface area contributed by atoms with Crippen molar-refractivity contribution >= 4 is 17.6 Å². The molecule has 7 nitrogen and oxygen atoms in total. The number of rotatable bonds is 6. The van der Waals surface area contributed by atoms with Crippen molar-refractivity contribution in [2.24, 2.45) is 0 Å². The lowest BCUT2D eigenvalue weighted by atomic mass is 10.1. The van der Waals surface area contributed by atoms with E-state index in [1.807, 2.05) is 25.1 Å². The van der Waals surface area contributed by atoms with E-state index in [-0.39, 0.29) is 17.8 Å². The van der Waals surface area contributed by atoms with Crippen LogP contribution in [0.25, 0.3) is 0 Å². The summed E-state index contributed by atoms with van der Waals surface area (Å²) < 4.78 is 3.27. The summed E-state index contributed by atoms with van der Waals surface area (Å²) >= 11 is 6.14. The van der Waals surface area contributed by atoms with Crippen molar-refractivity contribution < 1.29 is 4.79 Å². The van der Waals surface area contributed by atoms with Crippen molar-refractivity contribution in [2.75, 3.05) is 6.54 Å². The fourth-order valence-corrected chi connectivity index (χ4v) is 3.48. The predicted molar refractivity (Wildman–Crippen MR) is 100 cm³/mol. The zero-order valence-electron chi connectivity index (χ0n) is 14.9. The van der Waals surface area contributed by atoms with E-state index in [4.69, 9.17) is 11.6 Å². The van der Waals surface area contributed by atoms with E-state index in [0.717, 1.165) is 37.2 Å². The number of nitrogens with zero attached hydrogens (tertiary/aromatic N) is 3.